The average Bonchev–Trinajstić information content (AvgIpc) is 3.49. The summed E-state index contributed by atoms with van der Waals surface area (Å²) in [5.74, 6) is -0.665. The Balaban J connectivity index is 1.42. The van der Waals surface area contributed by atoms with Crippen LogP contribution < -0.4 is 4.91 Å². The number of benzene rings is 2. The summed E-state index contributed by atoms with van der Waals surface area (Å²) in [7, 11) is 0. The van der Waals surface area contributed by atoms with Crippen LogP contribution in [-0.2, 0) is 12.7 Å². The smallest absolute Gasteiger partial charge is 0.306 e. The second-order valence-corrected chi connectivity index (χ2v) is 6.64. The lowest BCUT2D eigenvalue weighted by molar-refractivity contribution is -0.140. The highest BCUT2D eigenvalue weighted by molar-refractivity contribution is 5.94. The maximum absolute atomic E-state index is 12.7. The molecule has 0 unspecified atom stereocenters. The minimum atomic E-state index is -4.55. The van der Waals surface area contributed by atoms with Crippen molar-refractivity contribution < 1.29 is 18.0 Å². The van der Waals surface area contributed by atoms with Crippen molar-refractivity contribution in [3.63, 3.8) is 0 Å². The molecule has 4 rings (SSSR count). The molecule has 4 aromatic rings. The van der Waals surface area contributed by atoms with Crippen molar-refractivity contribution in [1.29, 1.82) is 0 Å². The first kappa shape index (κ1) is 20.9. The normalized spacial score (nSPS) is 11.1. The molecule has 160 valence electrons. The van der Waals surface area contributed by atoms with E-state index >= 15 is 0 Å². The molecule has 8 nitrogen and oxygen atoms in total. The van der Waals surface area contributed by atoms with Crippen LogP contribution in [-0.4, -0.2) is 25.0 Å². The zero-order valence-corrected chi connectivity index (χ0v) is 16.4. The van der Waals surface area contributed by atoms with Gasteiger partial charge in [-0.15, -0.1) is 0 Å². The second-order valence-electron chi connectivity index (χ2n) is 6.64. The van der Waals surface area contributed by atoms with Crippen molar-refractivity contribution in [3.05, 3.63) is 96.6 Å². The maximum Gasteiger partial charge on any atom is 0.434 e. The Morgan fingerprint density at radius 3 is 2.53 bits per heavy atom. The monoisotopic (exact) mass is 438 g/mol. The van der Waals surface area contributed by atoms with Gasteiger partial charge in [-0.25, -0.2) is 9.97 Å². The van der Waals surface area contributed by atoms with Crippen LogP contribution in [0.2, 0.25) is 0 Å². The summed E-state index contributed by atoms with van der Waals surface area (Å²) in [4.78, 5) is 23.1. The lowest BCUT2D eigenvalue weighted by atomic mass is 10.2. The Morgan fingerprint density at radius 2 is 1.84 bits per heavy atom. The van der Waals surface area contributed by atoms with Gasteiger partial charge in [-0.1, -0.05) is 18.2 Å². The van der Waals surface area contributed by atoms with E-state index in [9.17, 15) is 18.0 Å². The molecule has 0 radical (unpaired) electrons. The lowest BCUT2D eigenvalue weighted by Crippen LogP contribution is -2.05. The summed E-state index contributed by atoms with van der Waals surface area (Å²) < 4.78 is 41.2. The van der Waals surface area contributed by atoms with Crippen molar-refractivity contribution >= 4 is 5.91 Å². The highest BCUT2D eigenvalue weighted by Crippen LogP contribution is 2.28. The molecule has 0 bridgehead atoms. The van der Waals surface area contributed by atoms with Crippen LogP contribution in [0, 0.1) is 0 Å². The Hall–Kier alpha value is -4.37. The summed E-state index contributed by atoms with van der Waals surface area (Å²) in [6.07, 6.45) is 2.53. The highest BCUT2D eigenvalue weighted by Gasteiger charge is 2.33. The van der Waals surface area contributed by atoms with E-state index in [4.69, 9.17) is 0 Å². The summed E-state index contributed by atoms with van der Waals surface area (Å²) in [5.41, 5.74) is 1.30. The Morgan fingerprint density at radius 1 is 1.03 bits per heavy atom. The fourth-order valence-electron chi connectivity index (χ4n) is 2.84. The minimum Gasteiger partial charge on any atom is -0.306 e. The number of imidazole rings is 2. The summed E-state index contributed by atoms with van der Waals surface area (Å²) in [5, 5.41) is 7.44. The first-order valence-corrected chi connectivity index (χ1v) is 9.31. The fraction of sp³-hybridized carbons (Fsp3) is 0.0952. The van der Waals surface area contributed by atoms with Gasteiger partial charge < -0.3 is 9.13 Å². The van der Waals surface area contributed by atoms with Gasteiger partial charge in [0.1, 0.15) is 11.7 Å². The van der Waals surface area contributed by atoms with Gasteiger partial charge in [-0.3, -0.25) is 4.79 Å². The fourth-order valence-corrected chi connectivity index (χ4v) is 2.84. The van der Waals surface area contributed by atoms with Gasteiger partial charge >= 0.3 is 12.1 Å². The van der Waals surface area contributed by atoms with Crippen LogP contribution in [0.15, 0.2) is 90.0 Å². The molecule has 0 aliphatic carbocycles. The zero-order valence-electron chi connectivity index (χ0n) is 16.4. The van der Waals surface area contributed by atoms with Gasteiger partial charge in [-0.2, -0.15) is 13.2 Å². The van der Waals surface area contributed by atoms with Crippen molar-refractivity contribution in [3.8, 4) is 11.4 Å². The molecular formula is C21H15F3N7O+. The molecule has 0 saturated carbocycles. The second kappa shape index (κ2) is 8.78. The van der Waals surface area contributed by atoms with E-state index in [1.54, 1.807) is 18.6 Å². The third kappa shape index (κ3) is 4.85. The number of nitrogens with zero attached hydrogens (tertiary/aromatic N) is 7. The number of amides is 1. The van der Waals surface area contributed by atoms with Crippen LogP contribution in [0.25, 0.3) is 11.4 Å². The van der Waals surface area contributed by atoms with Gasteiger partial charge in [0.05, 0.1) is 18.2 Å². The minimum absolute atomic E-state index is 0.161. The predicted octanol–water partition coefficient (Wildman–Crippen LogP) is 4.39. The van der Waals surface area contributed by atoms with E-state index in [0.717, 1.165) is 23.8 Å². The molecule has 32 heavy (non-hydrogen) atoms. The highest BCUT2D eigenvalue weighted by atomic mass is 19.4. The van der Waals surface area contributed by atoms with E-state index < -0.39 is 17.8 Å². The zero-order chi connectivity index (χ0) is 22.6. The molecule has 0 spiro atoms. The molecule has 2 aromatic heterocycles. The molecule has 11 heteroatoms. The van der Waals surface area contributed by atoms with Crippen LogP contribution in [0.1, 0.15) is 21.6 Å². The number of rotatable bonds is 5. The quantitative estimate of drug-likeness (QED) is 0.342. The molecule has 0 atom stereocenters. The van der Waals surface area contributed by atoms with Crippen LogP contribution >= 0.6 is 0 Å². The van der Waals surface area contributed by atoms with E-state index in [2.05, 4.69) is 25.1 Å². The molecular weight excluding hydrogens is 423 g/mol. The van der Waals surface area contributed by atoms with Crippen molar-refractivity contribution in [2.75, 3.05) is 0 Å². The molecule has 0 N–H and O–H groups in total. The SMILES string of the molecule is O=C(N=[N+]=NCc1ccc(-n2ccnc2)cc1)c1cccc(-n2cnc(C(F)(F)F)c2)c1. The number of halogens is 3. The summed E-state index contributed by atoms with van der Waals surface area (Å²) in [6, 6.07) is 13.5. The number of carbonyl (C=O) groups excluding carboxylic acids is 1. The summed E-state index contributed by atoms with van der Waals surface area (Å²) >= 11 is 0. The van der Waals surface area contributed by atoms with Crippen LogP contribution in [0.3, 0.4) is 0 Å². The van der Waals surface area contributed by atoms with Gasteiger partial charge in [0, 0.05) is 30.0 Å². The van der Waals surface area contributed by atoms with Gasteiger partial charge in [0.25, 0.3) is 0 Å². The topological polar surface area (TPSA) is 91.5 Å². The molecule has 0 saturated heterocycles. The van der Waals surface area contributed by atoms with Crippen LogP contribution in [0.5, 0.6) is 0 Å². The molecule has 0 aliphatic rings. The lowest BCUT2D eigenvalue weighted by Gasteiger charge is -2.03. The van der Waals surface area contributed by atoms with Crippen molar-refractivity contribution in [1.82, 2.24) is 24.0 Å². The Kier molecular flexibility index (Phi) is 5.73. The van der Waals surface area contributed by atoms with Crippen molar-refractivity contribution in [2.45, 2.75) is 12.7 Å². The molecule has 0 aliphatic heterocycles. The maximum atomic E-state index is 12.7. The molecule has 0 fully saturated rings. The number of hydrogen-bond donors (Lipinski definition) is 0. The van der Waals surface area contributed by atoms with Gasteiger partial charge in [-0.05, 0) is 35.9 Å². The first-order chi connectivity index (χ1) is 15.4. The first-order valence-electron chi connectivity index (χ1n) is 9.31. The number of hydrogen-bond acceptors (Lipinski definition) is 4. The predicted molar refractivity (Wildman–Crippen MR) is 107 cm³/mol. The third-order valence-electron chi connectivity index (χ3n) is 4.46. The Labute approximate surface area is 179 Å². The number of alkyl halides is 3. The van der Waals surface area contributed by atoms with Crippen molar-refractivity contribution in [2.24, 2.45) is 10.2 Å². The molecule has 2 aromatic carbocycles. The van der Waals surface area contributed by atoms with E-state index in [0.29, 0.717) is 5.69 Å². The van der Waals surface area contributed by atoms with Gasteiger partial charge in [0.15, 0.2) is 5.69 Å². The standard InChI is InChI=1S/C21H15F3N7O/c22-21(23,24)19-12-31(14-26-19)18-3-1-2-16(10-18)20(32)28-29-27-11-15-4-6-17(7-5-15)30-9-8-25-13-30/h1-10,12-14H,11H2/q+1. The number of aromatic nitrogens is 4. The third-order valence-corrected chi connectivity index (χ3v) is 4.46. The molecule has 1 amide bonds. The number of carbonyl (C=O) groups is 1. The average molecular weight is 438 g/mol. The van der Waals surface area contributed by atoms with Crippen LogP contribution in [0.4, 0.5) is 13.2 Å². The van der Waals surface area contributed by atoms with E-state index in [-0.39, 0.29) is 12.1 Å². The molecule has 2 heterocycles. The summed E-state index contributed by atoms with van der Waals surface area (Å²) in [6.45, 7) is 0.232. The van der Waals surface area contributed by atoms with E-state index in [1.165, 1.54) is 22.8 Å². The Bertz CT molecular complexity index is 1290. The largest absolute Gasteiger partial charge is 0.434 e. The van der Waals surface area contributed by atoms with E-state index in [1.807, 2.05) is 35.0 Å². The van der Waals surface area contributed by atoms with Gasteiger partial charge in [0.2, 0.25) is 10.0 Å².